The Bertz CT molecular complexity index is 118. The van der Waals surface area contributed by atoms with Gasteiger partial charge in [-0.25, -0.2) is 0 Å². The van der Waals surface area contributed by atoms with Gasteiger partial charge in [-0.2, -0.15) is 0 Å². The van der Waals surface area contributed by atoms with Crippen molar-refractivity contribution in [1.82, 2.24) is 4.90 Å². The minimum absolute atomic E-state index is 1.16. The molecule has 0 N–H and O–H groups in total. The van der Waals surface area contributed by atoms with Crippen LogP contribution in [-0.2, 0) is 0 Å². The first kappa shape index (κ1) is 7.64. The molecule has 10 heavy (non-hydrogen) atoms. The molecule has 0 bridgehead atoms. The maximum Gasteiger partial charge on any atom is 0.0570 e. The highest BCUT2D eigenvalue weighted by Crippen LogP contribution is 2.19. The monoisotopic (exact) mass is 139 g/mol. The minimum Gasteiger partial charge on any atom is -0.368 e. The van der Waals surface area contributed by atoms with Gasteiger partial charge in [0.25, 0.3) is 0 Å². The molecule has 0 spiro atoms. The lowest BCUT2D eigenvalue weighted by atomic mass is 10.2. The van der Waals surface area contributed by atoms with Crippen LogP contribution in [0.1, 0.15) is 32.6 Å². The summed E-state index contributed by atoms with van der Waals surface area (Å²) in [6.45, 7) is 8.53. The second-order valence-corrected chi connectivity index (χ2v) is 3.05. The third kappa shape index (κ3) is 2.42. The van der Waals surface area contributed by atoms with Crippen LogP contribution in [0.5, 0.6) is 0 Å². The molecule has 1 aliphatic heterocycles. The van der Waals surface area contributed by atoms with E-state index in [1.54, 1.807) is 0 Å². The smallest absolute Gasteiger partial charge is 0.0570 e. The minimum atomic E-state index is 1.16. The zero-order valence-corrected chi connectivity index (χ0v) is 6.90. The maximum atomic E-state index is 3.87. The summed E-state index contributed by atoms with van der Waals surface area (Å²) >= 11 is 0. The summed E-state index contributed by atoms with van der Waals surface area (Å²) < 4.78 is 0. The van der Waals surface area contributed by atoms with E-state index >= 15 is 0 Å². The van der Waals surface area contributed by atoms with Crippen LogP contribution in [0.2, 0.25) is 0 Å². The van der Waals surface area contributed by atoms with Crippen molar-refractivity contribution in [2.45, 2.75) is 32.6 Å². The summed E-state index contributed by atoms with van der Waals surface area (Å²) in [7, 11) is 0. The van der Waals surface area contributed by atoms with Crippen LogP contribution in [0.25, 0.3) is 0 Å². The lowest BCUT2D eigenvalue weighted by Crippen LogP contribution is -1.97. The SMILES string of the molecule is C=C1CN1CCCCCC. The van der Waals surface area contributed by atoms with Crippen molar-refractivity contribution in [1.29, 1.82) is 0 Å². The van der Waals surface area contributed by atoms with Gasteiger partial charge >= 0.3 is 0 Å². The average Bonchev–Trinajstić information content (AvgIpc) is 2.60. The topological polar surface area (TPSA) is 3.01 Å². The molecule has 1 heteroatoms. The predicted molar refractivity (Wildman–Crippen MR) is 44.9 cm³/mol. The summed E-state index contributed by atoms with van der Waals surface area (Å²) in [6, 6.07) is 0. The van der Waals surface area contributed by atoms with Crippen LogP contribution in [-0.4, -0.2) is 18.0 Å². The fraction of sp³-hybridized carbons (Fsp3) is 0.778. The molecule has 1 aliphatic rings. The van der Waals surface area contributed by atoms with E-state index in [2.05, 4.69) is 18.4 Å². The number of rotatable bonds is 5. The number of unbranched alkanes of at least 4 members (excludes halogenated alkanes) is 3. The summed E-state index contributed by atoms with van der Waals surface area (Å²) in [5.41, 5.74) is 1.33. The standard InChI is InChI=1S/C9H17N/c1-3-4-5-6-7-10-8-9(10)2/h2-8H2,1H3. The van der Waals surface area contributed by atoms with Crippen LogP contribution >= 0.6 is 0 Å². The van der Waals surface area contributed by atoms with Gasteiger partial charge in [0.1, 0.15) is 0 Å². The first-order chi connectivity index (χ1) is 4.84. The zero-order valence-electron chi connectivity index (χ0n) is 6.90. The van der Waals surface area contributed by atoms with Gasteiger partial charge in [0, 0.05) is 12.2 Å². The number of hydrogen-bond donors (Lipinski definition) is 0. The lowest BCUT2D eigenvalue weighted by molar-refractivity contribution is 0.526. The molecule has 0 aromatic carbocycles. The van der Waals surface area contributed by atoms with Crippen LogP contribution in [0.15, 0.2) is 12.3 Å². The summed E-state index contributed by atoms with van der Waals surface area (Å²) in [5, 5.41) is 0. The zero-order chi connectivity index (χ0) is 7.40. The molecule has 0 aromatic heterocycles. The summed E-state index contributed by atoms with van der Waals surface area (Å²) in [6.07, 6.45) is 5.47. The Morgan fingerprint density at radius 2 is 2.10 bits per heavy atom. The first-order valence-electron chi connectivity index (χ1n) is 4.27. The van der Waals surface area contributed by atoms with E-state index in [9.17, 15) is 0 Å². The van der Waals surface area contributed by atoms with Crippen LogP contribution in [0.4, 0.5) is 0 Å². The first-order valence-corrected chi connectivity index (χ1v) is 4.27. The predicted octanol–water partition coefficient (Wildman–Crippen LogP) is 2.40. The van der Waals surface area contributed by atoms with Gasteiger partial charge in [0.05, 0.1) is 6.54 Å². The van der Waals surface area contributed by atoms with Crippen molar-refractivity contribution >= 4 is 0 Å². The lowest BCUT2D eigenvalue weighted by Gasteiger charge is -1.99. The van der Waals surface area contributed by atoms with Gasteiger partial charge in [-0.1, -0.05) is 32.8 Å². The van der Waals surface area contributed by atoms with E-state index in [1.807, 2.05) is 0 Å². The van der Waals surface area contributed by atoms with Crippen molar-refractivity contribution in [2.75, 3.05) is 13.1 Å². The molecule has 1 rings (SSSR count). The fourth-order valence-corrected chi connectivity index (χ4v) is 1.15. The largest absolute Gasteiger partial charge is 0.368 e. The van der Waals surface area contributed by atoms with E-state index in [0.29, 0.717) is 0 Å². The molecule has 0 saturated carbocycles. The van der Waals surface area contributed by atoms with E-state index in [0.717, 1.165) is 6.54 Å². The van der Waals surface area contributed by atoms with Gasteiger partial charge in [0.15, 0.2) is 0 Å². The van der Waals surface area contributed by atoms with Crippen molar-refractivity contribution in [3.05, 3.63) is 12.3 Å². The second-order valence-electron chi connectivity index (χ2n) is 3.05. The Morgan fingerprint density at radius 3 is 2.60 bits per heavy atom. The van der Waals surface area contributed by atoms with E-state index in [4.69, 9.17) is 0 Å². The number of hydrogen-bond acceptors (Lipinski definition) is 1. The van der Waals surface area contributed by atoms with Crippen molar-refractivity contribution in [3.63, 3.8) is 0 Å². The Labute approximate surface area is 63.7 Å². The highest BCUT2D eigenvalue weighted by molar-refractivity contribution is 5.12. The molecule has 1 fully saturated rings. The van der Waals surface area contributed by atoms with Crippen molar-refractivity contribution < 1.29 is 0 Å². The molecule has 1 nitrogen and oxygen atoms in total. The molecule has 0 unspecified atom stereocenters. The molecule has 0 atom stereocenters. The fourth-order valence-electron chi connectivity index (χ4n) is 1.15. The van der Waals surface area contributed by atoms with E-state index in [1.165, 1.54) is 37.9 Å². The Kier molecular flexibility index (Phi) is 2.79. The quantitative estimate of drug-likeness (QED) is 0.417. The van der Waals surface area contributed by atoms with Crippen molar-refractivity contribution in [2.24, 2.45) is 0 Å². The highest BCUT2D eigenvalue weighted by atomic mass is 15.3. The van der Waals surface area contributed by atoms with Gasteiger partial charge in [-0.3, -0.25) is 0 Å². The molecule has 0 aromatic rings. The van der Waals surface area contributed by atoms with Crippen LogP contribution in [0.3, 0.4) is 0 Å². The van der Waals surface area contributed by atoms with E-state index < -0.39 is 0 Å². The van der Waals surface area contributed by atoms with E-state index in [-0.39, 0.29) is 0 Å². The Morgan fingerprint density at radius 1 is 1.40 bits per heavy atom. The molecule has 1 heterocycles. The molecule has 58 valence electrons. The molecular formula is C9H17N. The second kappa shape index (κ2) is 3.65. The highest BCUT2D eigenvalue weighted by Gasteiger charge is 2.20. The Balaban J connectivity index is 1.82. The molecule has 0 aliphatic carbocycles. The molecule has 1 saturated heterocycles. The normalized spacial score (nSPS) is 16.1. The number of nitrogens with zero attached hydrogens (tertiary/aromatic N) is 1. The van der Waals surface area contributed by atoms with Gasteiger partial charge in [-0.05, 0) is 6.42 Å². The summed E-state index contributed by atoms with van der Waals surface area (Å²) in [5.74, 6) is 0. The summed E-state index contributed by atoms with van der Waals surface area (Å²) in [4.78, 5) is 2.34. The van der Waals surface area contributed by atoms with Crippen LogP contribution in [0, 0.1) is 0 Å². The van der Waals surface area contributed by atoms with Gasteiger partial charge in [0.2, 0.25) is 0 Å². The maximum absolute atomic E-state index is 3.87. The molecule has 0 amide bonds. The van der Waals surface area contributed by atoms with Gasteiger partial charge < -0.3 is 4.90 Å². The molecular weight excluding hydrogens is 122 g/mol. The third-order valence-corrected chi connectivity index (χ3v) is 2.00. The Hall–Kier alpha value is -0.460. The van der Waals surface area contributed by atoms with Crippen molar-refractivity contribution in [3.8, 4) is 0 Å². The van der Waals surface area contributed by atoms with Crippen LogP contribution < -0.4 is 0 Å². The van der Waals surface area contributed by atoms with Gasteiger partial charge in [-0.15, -0.1) is 0 Å². The third-order valence-electron chi connectivity index (χ3n) is 2.00. The average molecular weight is 139 g/mol. The molecule has 0 radical (unpaired) electrons.